The average molecular weight is 245 g/mol. The first kappa shape index (κ1) is 13.0. The SMILES string of the molecule is O=C(O)CONC(=O)Cc1cccc(F)c1F. The van der Waals surface area contributed by atoms with Crippen molar-refractivity contribution in [2.45, 2.75) is 6.42 Å². The monoisotopic (exact) mass is 245 g/mol. The zero-order valence-corrected chi connectivity index (χ0v) is 8.57. The Bertz CT molecular complexity index is 436. The first-order valence-electron chi connectivity index (χ1n) is 4.56. The molecule has 7 heteroatoms. The molecule has 1 aromatic rings. The second kappa shape index (κ2) is 5.90. The van der Waals surface area contributed by atoms with Gasteiger partial charge >= 0.3 is 5.97 Å². The van der Waals surface area contributed by atoms with Crippen LogP contribution in [-0.2, 0) is 20.8 Å². The Labute approximate surface area is 95.0 Å². The Morgan fingerprint density at radius 2 is 2.06 bits per heavy atom. The Balaban J connectivity index is 2.51. The fourth-order valence-electron chi connectivity index (χ4n) is 1.07. The first-order valence-corrected chi connectivity index (χ1v) is 4.56. The molecule has 0 atom stereocenters. The van der Waals surface area contributed by atoms with Crippen molar-refractivity contribution in [1.29, 1.82) is 0 Å². The Kier molecular flexibility index (Phi) is 4.53. The lowest BCUT2D eigenvalue weighted by atomic mass is 10.1. The maximum absolute atomic E-state index is 13.1. The highest BCUT2D eigenvalue weighted by Gasteiger charge is 2.11. The van der Waals surface area contributed by atoms with Crippen LogP contribution in [0, 0.1) is 11.6 Å². The maximum atomic E-state index is 13.1. The molecule has 5 nitrogen and oxygen atoms in total. The number of carboxylic acid groups (broad SMARTS) is 1. The average Bonchev–Trinajstić information content (AvgIpc) is 2.24. The van der Waals surface area contributed by atoms with Gasteiger partial charge in [-0.2, -0.15) is 0 Å². The molecule has 0 aliphatic rings. The lowest BCUT2D eigenvalue weighted by Gasteiger charge is -2.05. The number of hydroxylamine groups is 1. The van der Waals surface area contributed by atoms with Gasteiger partial charge in [-0.3, -0.25) is 9.63 Å². The summed E-state index contributed by atoms with van der Waals surface area (Å²) in [6.45, 7) is -0.711. The van der Waals surface area contributed by atoms with E-state index < -0.39 is 36.5 Å². The van der Waals surface area contributed by atoms with E-state index in [1.54, 1.807) is 5.48 Å². The lowest BCUT2D eigenvalue weighted by molar-refractivity contribution is -0.149. The fraction of sp³-hybridized carbons (Fsp3) is 0.200. The summed E-state index contributed by atoms with van der Waals surface area (Å²) < 4.78 is 25.9. The summed E-state index contributed by atoms with van der Waals surface area (Å²) in [6.07, 6.45) is -0.441. The summed E-state index contributed by atoms with van der Waals surface area (Å²) in [7, 11) is 0. The van der Waals surface area contributed by atoms with Crippen molar-refractivity contribution < 1.29 is 28.3 Å². The van der Waals surface area contributed by atoms with Crippen LogP contribution in [0.25, 0.3) is 0 Å². The van der Waals surface area contributed by atoms with Crippen molar-refractivity contribution in [3.8, 4) is 0 Å². The van der Waals surface area contributed by atoms with E-state index in [1.165, 1.54) is 12.1 Å². The molecule has 0 bridgehead atoms. The van der Waals surface area contributed by atoms with Crippen LogP contribution in [0.4, 0.5) is 8.78 Å². The summed E-state index contributed by atoms with van der Waals surface area (Å²) >= 11 is 0. The third-order valence-corrected chi connectivity index (χ3v) is 1.76. The predicted molar refractivity (Wildman–Crippen MR) is 51.8 cm³/mol. The van der Waals surface area contributed by atoms with Crippen molar-refractivity contribution >= 4 is 11.9 Å². The molecular formula is C10H9F2NO4. The van der Waals surface area contributed by atoms with E-state index in [2.05, 4.69) is 4.84 Å². The zero-order chi connectivity index (χ0) is 12.8. The van der Waals surface area contributed by atoms with Gasteiger partial charge in [-0.25, -0.2) is 19.1 Å². The van der Waals surface area contributed by atoms with Gasteiger partial charge in [-0.1, -0.05) is 12.1 Å². The highest BCUT2D eigenvalue weighted by atomic mass is 19.2. The number of carboxylic acids is 1. The largest absolute Gasteiger partial charge is 0.479 e. The summed E-state index contributed by atoms with van der Waals surface area (Å²) in [5, 5.41) is 8.21. The molecule has 0 aliphatic carbocycles. The Hall–Kier alpha value is -2.02. The molecule has 92 valence electrons. The van der Waals surface area contributed by atoms with Gasteiger partial charge in [0.1, 0.15) is 0 Å². The minimum Gasteiger partial charge on any atom is -0.479 e. The molecule has 0 saturated carbocycles. The Morgan fingerprint density at radius 3 is 2.71 bits per heavy atom. The van der Waals surface area contributed by atoms with E-state index in [0.717, 1.165) is 6.07 Å². The predicted octanol–water partition coefficient (Wildman–Crippen LogP) is 0.640. The summed E-state index contributed by atoms with van der Waals surface area (Å²) in [5.41, 5.74) is 1.66. The second-order valence-corrected chi connectivity index (χ2v) is 3.10. The van der Waals surface area contributed by atoms with Gasteiger partial charge in [0.25, 0.3) is 0 Å². The van der Waals surface area contributed by atoms with Crippen LogP contribution in [0.5, 0.6) is 0 Å². The number of nitrogens with one attached hydrogen (secondary N) is 1. The van der Waals surface area contributed by atoms with Gasteiger partial charge in [0.05, 0.1) is 6.42 Å². The number of hydrogen-bond acceptors (Lipinski definition) is 3. The molecule has 2 N–H and O–H groups in total. The molecule has 17 heavy (non-hydrogen) atoms. The molecule has 1 rings (SSSR count). The molecule has 1 aromatic carbocycles. The van der Waals surface area contributed by atoms with Crippen molar-refractivity contribution in [2.75, 3.05) is 6.61 Å². The van der Waals surface area contributed by atoms with Crippen molar-refractivity contribution in [1.82, 2.24) is 5.48 Å². The van der Waals surface area contributed by atoms with Crippen LogP contribution < -0.4 is 5.48 Å². The molecular weight excluding hydrogens is 236 g/mol. The van der Waals surface area contributed by atoms with Crippen molar-refractivity contribution in [3.63, 3.8) is 0 Å². The van der Waals surface area contributed by atoms with Gasteiger partial charge in [0.15, 0.2) is 18.2 Å². The fourth-order valence-corrected chi connectivity index (χ4v) is 1.07. The van der Waals surface area contributed by atoms with Crippen LogP contribution in [0.1, 0.15) is 5.56 Å². The lowest BCUT2D eigenvalue weighted by Crippen LogP contribution is -2.28. The van der Waals surface area contributed by atoms with Crippen molar-refractivity contribution in [3.05, 3.63) is 35.4 Å². The molecule has 1 amide bonds. The third-order valence-electron chi connectivity index (χ3n) is 1.76. The highest BCUT2D eigenvalue weighted by Crippen LogP contribution is 2.11. The quantitative estimate of drug-likeness (QED) is 0.746. The molecule has 0 saturated heterocycles. The normalized spacial score (nSPS) is 10.0. The van der Waals surface area contributed by atoms with Gasteiger partial charge in [-0.15, -0.1) is 0 Å². The number of aliphatic carboxylic acids is 1. The summed E-state index contributed by atoms with van der Waals surface area (Å²) in [4.78, 5) is 25.5. The standard InChI is InChI=1S/C10H9F2NO4/c11-7-3-1-2-6(10(7)12)4-8(14)13-17-5-9(15)16/h1-3H,4-5H2,(H,13,14)(H,15,16). The maximum Gasteiger partial charge on any atom is 0.332 e. The van der Waals surface area contributed by atoms with E-state index in [-0.39, 0.29) is 5.56 Å². The van der Waals surface area contributed by atoms with Crippen LogP contribution >= 0.6 is 0 Å². The smallest absolute Gasteiger partial charge is 0.332 e. The number of amides is 1. The van der Waals surface area contributed by atoms with Gasteiger partial charge < -0.3 is 5.11 Å². The number of carbonyl (C=O) groups excluding carboxylic acids is 1. The van der Waals surface area contributed by atoms with Gasteiger partial charge in [-0.05, 0) is 6.07 Å². The minimum atomic E-state index is -1.26. The Morgan fingerprint density at radius 1 is 1.35 bits per heavy atom. The second-order valence-electron chi connectivity index (χ2n) is 3.10. The van der Waals surface area contributed by atoms with Crippen LogP contribution in [0.15, 0.2) is 18.2 Å². The van der Waals surface area contributed by atoms with Crippen LogP contribution in [-0.4, -0.2) is 23.6 Å². The van der Waals surface area contributed by atoms with Crippen molar-refractivity contribution in [2.24, 2.45) is 0 Å². The van der Waals surface area contributed by atoms with Gasteiger partial charge in [0.2, 0.25) is 5.91 Å². The number of benzene rings is 1. The first-order chi connectivity index (χ1) is 8.00. The van der Waals surface area contributed by atoms with Crippen LogP contribution in [0.3, 0.4) is 0 Å². The number of rotatable bonds is 5. The van der Waals surface area contributed by atoms with E-state index in [9.17, 15) is 18.4 Å². The molecule has 0 aliphatic heterocycles. The van der Waals surface area contributed by atoms with Gasteiger partial charge in [0, 0.05) is 5.56 Å². The zero-order valence-electron chi connectivity index (χ0n) is 8.57. The number of carbonyl (C=O) groups is 2. The third kappa shape index (κ3) is 4.15. The molecule has 0 radical (unpaired) electrons. The molecule has 0 aromatic heterocycles. The molecule has 0 unspecified atom stereocenters. The van der Waals surface area contributed by atoms with E-state index in [4.69, 9.17) is 5.11 Å². The number of hydrogen-bond donors (Lipinski definition) is 2. The molecule has 0 heterocycles. The number of halogens is 2. The summed E-state index contributed by atoms with van der Waals surface area (Å²) in [6, 6.07) is 3.44. The van der Waals surface area contributed by atoms with E-state index >= 15 is 0 Å². The summed E-state index contributed by atoms with van der Waals surface area (Å²) in [5.74, 6) is -4.19. The van der Waals surface area contributed by atoms with Crippen LogP contribution in [0.2, 0.25) is 0 Å². The molecule has 0 fully saturated rings. The van der Waals surface area contributed by atoms with E-state index in [1.807, 2.05) is 0 Å². The highest BCUT2D eigenvalue weighted by molar-refractivity contribution is 5.77. The minimum absolute atomic E-state index is 0.138. The molecule has 0 spiro atoms. The van der Waals surface area contributed by atoms with E-state index in [0.29, 0.717) is 0 Å². The topological polar surface area (TPSA) is 75.6 Å².